The van der Waals surface area contributed by atoms with Crippen LogP contribution in [0.3, 0.4) is 0 Å². The Kier molecular flexibility index (Phi) is 3.08. The van der Waals surface area contributed by atoms with Crippen LogP contribution >= 0.6 is 0 Å². The van der Waals surface area contributed by atoms with Crippen molar-refractivity contribution in [3.63, 3.8) is 0 Å². The number of anilines is 2. The van der Waals surface area contributed by atoms with E-state index in [9.17, 15) is 0 Å². The molecule has 22 heavy (non-hydrogen) atoms. The lowest BCUT2D eigenvalue weighted by atomic mass is 10.2. The van der Waals surface area contributed by atoms with Gasteiger partial charge in [-0.05, 0) is 23.8 Å². The van der Waals surface area contributed by atoms with Crippen molar-refractivity contribution >= 4 is 17.0 Å². The molecule has 4 aromatic rings. The lowest BCUT2D eigenvalue weighted by Gasteiger charge is -2.09. The highest BCUT2D eigenvalue weighted by Gasteiger charge is 2.00. The van der Waals surface area contributed by atoms with Gasteiger partial charge in [0.05, 0.1) is 6.33 Å². The van der Waals surface area contributed by atoms with Crippen LogP contribution in [0, 0.1) is 0 Å². The number of hydrogen-bond acceptors (Lipinski definition) is 3. The van der Waals surface area contributed by atoms with Gasteiger partial charge in [0.1, 0.15) is 5.65 Å². The number of aromatic nitrogens is 4. The zero-order valence-electron chi connectivity index (χ0n) is 11.9. The highest BCUT2D eigenvalue weighted by Crippen LogP contribution is 2.19. The van der Waals surface area contributed by atoms with Crippen molar-refractivity contribution in [1.82, 2.24) is 18.9 Å². The number of benzene rings is 1. The van der Waals surface area contributed by atoms with E-state index in [-0.39, 0.29) is 0 Å². The third kappa shape index (κ3) is 2.56. The normalized spacial score (nSPS) is 10.9. The Morgan fingerprint density at radius 2 is 1.91 bits per heavy atom. The molecule has 0 bridgehead atoms. The maximum absolute atomic E-state index is 4.30. The Balaban J connectivity index is 1.57. The largest absolute Gasteiger partial charge is 0.355 e. The zero-order chi connectivity index (χ0) is 14.8. The molecule has 0 radical (unpaired) electrons. The summed E-state index contributed by atoms with van der Waals surface area (Å²) in [6.45, 7) is 0.814. The second-order valence-electron chi connectivity index (χ2n) is 5.17. The second kappa shape index (κ2) is 5.37. The molecule has 3 heterocycles. The van der Waals surface area contributed by atoms with Crippen LogP contribution in [0.4, 0.5) is 11.4 Å². The number of rotatable bonds is 4. The van der Waals surface area contributed by atoms with Crippen molar-refractivity contribution < 1.29 is 0 Å². The van der Waals surface area contributed by atoms with Gasteiger partial charge in [-0.2, -0.15) is 0 Å². The molecule has 0 aliphatic rings. The van der Waals surface area contributed by atoms with E-state index in [1.54, 1.807) is 12.4 Å². The van der Waals surface area contributed by atoms with Gasteiger partial charge < -0.3 is 14.3 Å². The fourth-order valence-corrected chi connectivity index (χ4v) is 2.49. The fraction of sp³-hybridized carbons (Fsp3) is 0.0588. The molecule has 0 atom stereocenters. The van der Waals surface area contributed by atoms with E-state index in [0.717, 1.165) is 23.6 Å². The molecule has 3 aromatic heterocycles. The minimum Gasteiger partial charge on any atom is -0.355 e. The van der Waals surface area contributed by atoms with Crippen molar-refractivity contribution in [2.24, 2.45) is 0 Å². The highest BCUT2D eigenvalue weighted by molar-refractivity contribution is 5.64. The molecule has 0 saturated heterocycles. The van der Waals surface area contributed by atoms with Crippen LogP contribution in [0.5, 0.6) is 0 Å². The topological polar surface area (TPSA) is 47.2 Å². The summed E-state index contributed by atoms with van der Waals surface area (Å²) >= 11 is 0. The third-order valence-electron chi connectivity index (χ3n) is 3.54. The maximum atomic E-state index is 4.30. The van der Waals surface area contributed by atoms with E-state index in [4.69, 9.17) is 0 Å². The van der Waals surface area contributed by atoms with Crippen LogP contribution < -0.4 is 5.32 Å². The zero-order valence-corrected chi connectivity index (χ0v) is 11.9. The minimum atomic E-state index is 0.814. The summed E-state index contributed by atoms with van der Waals surface area (Å²) in [4.78, 5) is 8.37. The quantitative estimate of drug-likeness (QED) is 0.627. The molecule has 0 fully saturated rings. The smallest absolute Gasteiger partial charge is 0.138 e. The number of hydrogen-bond donors (Lipinski definition) is 1. The number of nitrogens with one attached hydrogen (secondary N) is 1. The van der Waals surface area contributed by atoms with Gasteiger partial charge in [-0.15, -0.1) is 0 Å². The van der Waals surface area contributed by atoms with Crippen LogP contribution in [0.2, 0.25) is 0 Å². The predicted octanol–water partition coefficient (Wildman–Crippen LogP) is 3.32. The maximum Gasteiger partial charge on any atom is 0.138 e. The van der Waals surface area contributed by atoms with E-state index >= 15 is 0 Å². The van der Waals surface area contributed by atoms with Crippen molar-refractivity contribution in [3.05, 3.63) is 79.3 Å². The van der Waals surface area contributed by atoms with E-state index < -0.39 is 0 Å². The van der Waals surface area contributed by atoms with Crippen LogP contribution in [-0.2, 0) is 6.54 Å². The summed E-state index contributed by atoms with van der Waals surface area (Å²) < 4.78 is 4.04. The van der Waals surface area contributed by atoms with Gasteiger partial charge in [0.2, 0.25) is 0 Å². The molecule has 1 aromatic carbocycles. The van der Waals surface area contributed by atoms with E-state index in [1.807, 2.05) is 41.5 Å². The highest BCUT2D eigenvalue weighted by atomic mass is 15.0. The summed E-state index contributed by atoms with van der Waals surface area (Å²) in [6.07, 6.45) is 11.3. The third-order valence-corrected chi connectivity index (χ3v) is 3.54. The van der Waals surface area contributed by atoms with Gasteiger partial charge in [0, 0.05) is 55.0 Å². The van der Waals surface area contributed by atoms with E-state index in [0.29, 0.717) is 0 Å². The molecule has 0 unspecified atom stereocenters. The molecule has 0 saturated carbocycles. The number of pyridine rings is 1. The average molecular weight is 289 g/mol. The Morgan fingerprint density at radius 1 is 0.955 bits per heavy atom. The first-order valence-corrected chi connectivity index (χ1v) is 7.11. The molecule has 108 valence electrons. The monoisotopic (exact) mass is 289 g/mol. The fourth-order valence-electron chi connectivity index (χ4n) is 2.49. The molecule has 0 spiro atoms. The molecule has 5 nitrogen and oxygen atoms in total. The predicted molar refractivity (Wildman–Crippen MR) is 86.2 cm³/mol. The van der Waals surface area contributed by atoms with Crippen molar-refractivity contribution in [2.75, 3.05) is 5.32 Å². The van der Waals surface area contributed by atoms with Crippen molar-refractivity contribution in [2.45, 2.75) is 6.54 Å². The van der Waals surface area contributed by atoms with Gasteiger partial charge in [-0.3, -0.25) is 0 Å². The van der Waals surface area contributed by atoms with Crippen LogP contribution in [0.25, 0.3) is 5.65 Å². The van der Waals surface area contributed by atoms with Gasteiger partial charge in [0.25, 0.3) is 0 Å². The summed E-state index contributed by atoms with van der Waals surface area (Å²) in [7, 11) is 0. The Hall–Kier alpha value is -3.08. The van der Waals surface area contributed by atoms with Crippen molar-refractivity contribution in [3.8, 4) is 0 Å². The summed E-state index contributed by atoms with van der Waals surface area (Å²) in [6, 6.07) is 12.5. The van der Waals surface area contributed by atoms with E-state index in [2.05, 4.69) is 44.1 Å². The average Bonchev–Trinajstić information content (AvgIpc) is 3.18. The van der Waals surface area contributed by atoms with Crippen LogP contribution in [0.15, 0.2) is 73.7 Å². The van der Waals surface area contributed by atoms with Gasteiger partial charge in [-0.1, -0.05) is 12.1 Å². The molecular formula is C17H15N5. The molecular weight excluding hydrogens is 274 g/mol. The molecule has 0 amide bonds. The number of nitrogens with zero attached hydrogens (tertiary/aromatic N) is 4. The first-order chi connectivity index (χ1) is 10.9. The lowest BCUT2D eigenvalue weighted by Crippen LogP contribution is -1.98. The van der Waals surface area contributed by atoms with Crippen LogP contribution in [-0.4, -0.2) is 18.9 Å². The lowest BCUT2D eigenvalue weighted by molar-refractivity contribution is 0.798. The first-order valence-electron chi connectivity index (χ1n) is 7.11. The second-order valence-corrected chi connectivity index (χ2v) is 5.17. The summed E-state index contributed by atoms with van der Waals surface area (Å²) in [5.74, 6) is 0. The van der Waals surface area contributed by atoms with E-state index in [1.165, 1.54) is 5.56 Å². The number of imidazole rings is 2. The molecule has 0 aliphatic carbocycles. The SMILES string of the molecule is c1cc(Cn2ccnc2)cc(Nc2ccn3ccnc3c2)c1. The van der Waals surface area contributed by atoms with Crippen molar-refractivity contribution in [1.29, 1.82) is 0 Å². The first kappa shape index (κ1) is 12.6. The molecule has 5 heteroatoms. The summed E-state index contributed by atoms with van der Waals surface area (Å²) in [5.41, 5.74) is 4.25. The van der Waals surface area contributed by atoms with Crippen LogP contribution in [0.1, 0.15) is 5.56 Å². The molecule has 0 aliphatic heterocycles. The Bertz CT molecular complexity index is 892. The number of fused-ring (bicyclic) bond motifs is 1. The minimum absolute atomic E-state index is 0.814. The van der Waals surface area contributed by atoms with Gasteiger partial charge >= 0.3 is 0 Å². The standard InChI is InChI=1S/C17H15N5/c1-2-14(12-21-8-5-18-13-21)10-15(3-1)20-16-4-7-22-9-6-19-17(22)11-16/h1-11,13,20H,12H2. The Morgan fingerprint density at radius 3 is 2.82 bits per heavy atom. The summed E-state index contributed by atoms with van der Waals surface area (Å²) in [5, 5.41) is 3.43. The Labute approximate surface area is 127 Å². The molecule has 1 N–H and O–H groups in total. The van der Waals surface area contributed by atoms with Gasteiger partial charge in [0.15, 0.2) is 0 Å². The van der Waals surface area contributed by atoms with Gasteiger partial charge in [-0.25, -0.2) is 9.97 Å². The molecule has 4 rings (SSSR count).